The van der Waals surface area contributed by atoms with Crippen LogP contribution < -0.4 is 5.32 Å². The fourth-order valence-corrected chi connectivity index (χ4v) is 10.6. The monoisotopic (exact) mass is 1070 g/mol. The minimum absolute atomic E-state index is 0.0153. The molecule has 0 heterocycles. The normalized spacial score (nSPS) is 12.7. The number of esters is 1. The molecule has 76 heavy (non-hydrogen) atoms. The molecule has 0 spiro atoms. The molecule has 0 aromatic heterocycles. The highest BCUT2D eigenvalue weighted by atomic mass is 16.5. The number of ether oxygens (including phenoxy) is 1. The van der Waals surface area contributed by atoms with E-state index in [1.165, 1.54) is 302 Å². The van der Waals surface area contributed by atoms with Gasteiger partial charge in [-0.15, -0.1) is 0 Å². The number of carbonyl (C=O) groups is 2. The molecule has 0 radical (unpaired) electrons. The van der Waals surface area contributed by atoms with Gasteiger partial charge < -0.3 is 20.3 Å². The Bertz CT molecular complexity index is 1230. The number of nitrogens with one attached hydrogen (secondary N) is 1. The van der Waals surface area contributed by atoms with E-state index in [-0.39, 0.29) is 18.5 Å². The van der Waals surface area contributed by atoms with E-state index in [4.69, 9.17) is 4.74 Å². The summed E-state index contributed by atoms with van der Waals surface area (Å²) in [4.78, 5) is 24.5. The van der Waals surface area contributed by atoms with Gasteiger partial charge in [-0.3, -0.25) is 9.59 Å². The number of rotatable bonds is 64. The molecule has 0 saturated heterocycles. The van der Waals surface area contributed by atoms with Gasteiger partial charge in [0, 0.05) is 12.8 Å². The predicted octanol–water partition coefficient (Wildman–Crippen LogP) is 21.9. The molecular weight excluding hydrogens is 935 g/mol. The summed E-state index contributed by atoms with van der Waals surface area (Å²) in [6.07, 6.45) is 83.8. The molecule has 0 saturated carbocycles. The van der Waals surface area contributed by atoms with Gasteiger partial charge in [-0.25, -0.2) is 0 Å². The lowest BCUT2D eigenvalue weighted by Crippen LogP contribution is -2.45. The Morgan fingerprint density at radius 2 is 0.618 bits per heavy atom. The highest BCUT2D eigenvalue weighted by Crippen LogP contribution is 2.18. The summed E-state index contributed by atoms with van der Waals surface area (Å²) in [6.45, 7) is 4.89. The molecule has 0 aromatic carbocycles. The largest absolute Gasteiger partial charge is 0.466 e. The van der Waals surface area contributed by atoms with E-state index in [2.05, 4.69) is 43.5 Å². The van der Waals surface area contributed by atoms with E-state index in [1.807, 2.05) is 6.08 Å². The van der Waals surface area contributed by atoms with Crippen molar-refractivity contribution in [1.82, 2.24) is 5.32 Å². The van der Waals surface area contributed by atoms with Crippen LogP contribution in [0.3, 0.4) is 0 Å². The van der Waals surface area contributed by atoms with E-state index in [0.29, 0.717) is 19.4 Å². The molecule has 2 atom stereocenters. The van der Waals surface area contributed by atoms with Crippen molar-refractivity contribution in [3.05, 3.63) is 36.5 Å². The number of hydrogen-bond donors (Lipinski definition) is 3. The van der Waals surface area contributed by atoms with Crippen LogP contribution in [0.1, 0.15) is 373 Å². The molecule has 0 aliphatic carbocycles. The number of aliphatic hydroxyl groups excluding tert-OH is 2. The maximum absolute atomic E-state index is 12.4. The molecule has 6 nitrogen and oxygen atoms in total. The van der Waals surface area contributed by atoms with Gasteiger partial charge in [0.1, 0.15) is 0 Å². The molecule has 6 heteroatoms. The summed E-state index contributed by atoms with van der Waals surface area (Å²) in [7, 11) is 0. The zero-order valence-electron chi connectivity index (χ0n) is 51.3. The fourth-order valence-electron chi connectivity index (χ4n) is 10.6. The maximum Gasteiger partial charge on any atom is 0.305 e. The molecular formula is C70H133NO5. The van der Waals surface area contributed by atoms with Crippen molar-refractivity contribution in [2.24, 2.45) is 0 Å². The van der Waals surface area contributed by atoms with E-state index < -0.39 is 12.1 Å². The van der Waals surface area contributed by atoms with Crippen molar-refractivity contribution in [2.75, 3.05) is 13.2 Å². The van der Waals surface area contributed by atoms with Crippen LogP contribution in [0.2, 0.25) is 0 Å². The number of aliphatic hydroxyl groups is 2. The van der Waals surface area contributed by atoms with Crippen LogP contribution in [-0.2, 0) is 14.3 Å². The molecule has 0 aliphatic heterocycles. The minimum Gasteiger partial charge on any atom is -0.466 e. The smallest absolute Gasteiger partial charge is 0.305 e. The second-order valence-corrected chi connectivity index (χ2v) is 23.5. The van der Waals surface area contributed by atoms with E-state index >= 15 is 0 Å². The van der Waals surface area contributed by atoms with E-state index in [0.717, 1.165) is 44.9 Å². The van der Waals surface area contributed by atoms with Crippen molar-refractivity contribution in [2.45, 2.75) is 386 Å². The Hall–Kier alpha value is -1.92. The minimum atomic E-state index is -0.840. The Labute approximate surface area is 474 Å². The molecule has 1 amide bonds. The van der Waals surface area contributed by atoms with Gasteiger partial charge in [-0.1, -0.05) is 314 Å². The molecule has 2 unspecified atom stereocenters. The number of allylic oxidation sites excluding steroid dienone is 5. The van der Waals surface area contributed by atoms with Gasteiger partial charge >= 0.3 is 5.97 Å². The van der Waals surface area contributed by atoms with Crippen LogP contribution in [0.25, 0.3) is 0 Å². The number of unbranched alkanes of at least 4 members (excludes halogenated alkanes) is 49. The highest BCUT2D eigenvalue weighted by Gasteiger charge is 2.18. The first-order valence-electron chi connectivity index (χ1n) is 34.3. The zero-order chi connectivity index (χ0) is 55.0. The standard InChI is InChI=1S/C70H133NO5/c1-3-5-7-9-11-13-14-15-16-34-38-41-44-48-52-56-60-64-70(75)76-65-61-57-53-49-45-42-39-36-33-31-29-27-25-23-21-19-17-18-20-22-24-26-28-30-32-35-37-40-43-47-51-55-59-63-69(74)71-67(66-72)68(73)62-58-54-50-46-12-10-8-6-4-2/h15-16,21,23,58,62,67-68,72-73H,3-14,17-20,22,24-57,59-61,63-66H2,1-2H3,(H,71,74)/b16-15-,23-21-,62-58+. The second kappa shape index (κ2) is 65.6. The zero-order valence-corrected chi connectivity index (χ0v) is 51.3. The summed E-state index contributed by atoms with van der Waals surface area (Å²) < 4.78 is 5.50. The third-order valence-electron chi connectivity index (χ3n) is 15.9. The molecule has 0 rings (SSSR count). The lowest BCUT2D eigenvalue weighted by molar-refractivity contribution is -0.143. The van der Waals surface area contributed by atoms with Gasteiger partial charge in [0.2, 0.25) is 5.91 Å². The predicted molar refractivity (Wildman–Crippen MR) is 333 cm³/mol. The lowest BCUT2D eigenvalue weighted by Gasteiger charge is -2.20. The first-order chi connectivity index (χ1) is 37.5. The van der Waals surface area contributed by atoms with Crippen LogP contribution in [0.15, 0.2) is 36.5 Å². The third-order valence-corrected chi connectivity index (χ3v) is 15.9. The van der Waals surface area contributed by atoms with Gasteiger partial charge in [-0.05, 0) is 83.5 Å². The van der Waals surface area contributed by atoms with E-state index in [9.17, 15) is 19.8 Å². The Morgan fingerprint density at radius 1 is 0.355 bits per heavy atom. The topological polar surface area (TPSA) is 95.9 Å². The number of amides is 1. The number of carbonyl (C=O) groups excluding carboxylic acids is 2. The molecule has 0 aliphatic rings. The summed E-state index contributed by atoms with van der Waals surface area (Å²) in [5.74, 6) is -0.0513. The van der Waals surface area contributed by atoms with Gasteiger partial charge in [0.05, 0.1) is 25.4 Å². The summed E-state index contributed by atoms with van der Waals surface area (Å²) >= 11 is 0. The average Bonchev–Trinajstić information content (AvgIpc) is 3.42. The van der Waals surface area contributed by atoms with Crippen LogP contribution >= 0.6 is 0 Å². The first-order valence-corrected chi connectivity index (χ1v) is 34.3. The van der Waals surface area contributed by atoms with E-state index in [1.54, 1.807) is 6.08 Å². The SMILES string of the molecule is CCCCCCCC/C=C\CCCCCCCCCC(=O)OCCCCCCCCCCCCCC/C=C\CCCCCCCCCCCCCCCCCCCC(=O)NC(CO)C(O)/C=C/CCCCCCCCC. The molecule has 0 fully saturated rings. The van der Waals surface area contributed by atoms with Crippen molar-refractivity contribution >= 4 is 11.9 Å². The van der Waals surface area contributed by atoms with Crippen molar-refractivity contribution in [1.29, 1.82) is 0 Å². The van der Waals surface area contributed by atoms with Gasteiger partial charge in [0.25, 0.3) is 0 Å². The summed E-state index contributed by atoms with van der Waals surface area (Å²) in [5.41, 5.74) is 0. The van der Waals surface area contributed by atoms with Gasteiger partial charge in [-0.2, -0.15) is 0 Å². The summed E-state index contributed by atoms with van der Waals surface area (Å²) in [6, 6.07) is -0.623. The van der Waals surface area contributed by atoms with Crippen LogP contribution in [0.4, 0.5) is 0 Å². The first kappa shape index (κ1) is 74.1. The Balaban J connectivity index is 3.32. The Kier molecular flexibility index (Phi) is 63.9. The van der Waals surface area contributed by atoms with Crippen molar-refractivity contribution in [3.8, 4) is 0 Å². The molecule has 448 valence electrons. The summed E-state index contributed by atoms with van der Waals surface area (Å²) in [5, 5.41) is 23.0. The average molecular weight is 1070 g/mol. The fraction of sp³-hybridized carbons (Fsp3) is 0.886. The molecule has 3 N–H and O–H groups in total. The lowest BCUT2D eigenvalue weighted by atomic mass is 10.0. The van der Waals surface area contributed by atoms with Crippen molar-refractivity contribution in [3.63, 3.8) is 0 Å². The number of hydrogen-bond acceptors (Lipinski definition) is 5. The van der Waals surface area contributed by atoms with Crippen molar-refractivity contribution < 1.29 is 24.5 Å². The Morgan fingerprint density at radius 3 is 0.934 bits per heavy atom. The van der Waals surface area contributed by atoms with Crippen LogP contribution in [0, 0.1) is 0 Å². The van der Waals surface area contributed by atoms with Crippen LogP contribution in [0.5, 0.6) is 0 Å². The maximum atomic E-state index is 12.4. The third kappa shape index (κ3) is 61.3. The molecule has 0 bridgehead atoms. The highest BCUT2D eigenvalue weighted by molar-refractivity contribution is 5.76. The second-order valence-electron chi connectivity index (χ2n) is 23.5. The quantitative estimate of drug-likeness (QED) is 0.0320. The molecule has 0 aromatic rings. The van der Waals surface area contributed by atoms with Crippen LogP contribution in [-0.4, -0.2) is 47.4 Å². The van der Waals surface area contributed by atoms with Gasteiger partial charge in [0.15, 0.2) is 0 Å².